The Bertz CT molecular complexity index is 984. The number of thiazole rings is 1. The van der Waals surface area contributed by atoms with Crippen LogP contribution in [0, 0.1) is 12.7 Å². The Morgan fingerprint density at radius 1 is 1.14 bits per heavy atom. The second-order valence-electron chi connectivity index (χ2n) is 6.56. The summed E-state index contributed by atoms with van der Waals surface area (Å²) >= 11 is 1.25. The van der Waals surface area contributed by atoms with E-state index in [1.165, 1.54) is 23.5 Å². The van der Waals surface area contributed by atoms with Gasteiger partial charge in [0.25, 0.3) is 5.91 Å². The van der Waals surface area contributed by atoms with Crippen LogP contribution < -0.4 is 5.32 Å². The van der Waals surface area contributed by atoms with E-state index in [0.717, 1.165) is 17.5 Å². The molecular weight excluding hydrogens is 391 g/mol. The predicted octanol–water partition coefficient (Wildman–Crippen LogP) is 4.68. The van der Waals surface area contributed by atoms with E-state index in [4.69, 9.17) is 4.74 Å². The molecule has 29 heavy (non-hydrogen) atoms. The smallest absolute Gasteiger partial charge is 0.358 e. The van der Waals surface area contributed by atoms with Gasteiger partial charge in [-0.1, -0.05) is 36.8 Å². The molecule has 2 aromatic carbocycles. The van der Waals surface area contributed by atoms with E-state index in [1.54, 1.807) is 17.5 Å². The summed E-state index contributed by atoms with van der Waals surface area (Å²) in [6, 6.07) is 13.6. The van der Waals surface area contributed by atoms with Crippen molar-refractivity contribution >= 4 is 23.2 Å². The Morgan fingerprint density at radius 3 is 2.48 bits per heavy atom. The highest BCUT2D eigenvalue weighted by Gasteiger charge is 2.17. The molecule has 0 aliphatic heterocycles. The van der Waals surface area contributed by atoms with Crippen LogP contribution in [0.15, 0.2) is 53.9 Å². The van der Waals surface area contributed by atoms with E-state index in [9.17, 15) is 14.0 Å². The van der Waals surface area contributed by atoms with Crippen LogP contribution in [0.3, 0.4) is 0 Å². The second-order valence-corrected chi connectivity index (χ2v) is 7.42. The third kappa shape index (κ3) is 5.48. The highest BCUT2D eigenvalue weighted by molar-refractivity contribution is 7.13. The second kappa shape index (κ2) is 9.43. The van der Waals surface area contributed by atoms with Crippen molar-refractivity contribution < 1.29 is 18.7 Å². The first-order valence-electron chi connectivity index (χ1n) is 9.20. The van der Waals surface area contributed by atoms with Gasteiger partial charge in [0.15, 0.2) is 12.3 Å². The zero-order valence-corrected chi connectivity index (χ0v) is 17.0. The number of carbonyl (C=O) groups is 2. The lowest BCUT2D eigenvalue weighted by molar-refractivity contribution is -0.125. The lowest BCUT2D eigenvalue weighted by atomic mass is 10.0. The van der Waals surface area contributed by atoms with Crippen LogP contribution in [-0.2, 0) is 9.53 Å². The third-order valence-corrected chi connectivity index (χ3v) is 5.25. The van der Waals surface area contributed by atoms with E-state index in [2.05, 4.69) is 10.3 Å². The van der Waals surface area contributed by atoms with E-state index >= 15 is 0 Å². The SMILES string of the molecule is CC[C@@H](NC(=O)COC(=O)c1csc(-c2ccc(F)cc2)n1)c1ccc(C)cc1. The van der Waals surface area contributed by atoms with Crippen molar-refractivity contribution in [3.05, 3.63) is 76.5 Å². The number of aromatic nitrogens is 1. The summed E-state index contributed by atoms with van der Waals surface area (Å²) in [5.74, 6) is -1.39. The monoisotopic (exact) mass is 412 g/mol. The van der Waals surface area contributed by atoms with Crippen molar-refractivity contribution in [2.75, 3.05) is 6.61 Å². The molecule has 150 valence electrons. The molecule has 0 radical (unpaired) electrons. The first-order chi connectivity index (χ1) is 14.0. The topological polar surface area (TPSA) is 68.3 Å². The zero-order valence-electron chi connectivity index (χ0n) is 16.1. The van der Waals surface area contributed by atoms with Gasteiger partial charge in [-0.15, -0.1) is 11.3 Å². The molecule has 1 heterocycles. The maximum Gasteiger partial charge on any atom is 0.358 e. The minimum absolute atomic E-state index is 0.118. The van der Waals surface area contributed by atoms with Crippen LogP contribution in [0.25, 0.3) is 10.6 Å². The van der Waals surface area contributed by atoms with Crippen LogP contribution in [0.1, 0.15) is 41.0 Å². The van der Waals surface area contributed by atoms with E-state index in [1.807, 2.05) is 38.1 Å². The van der Waals surface area contributed by atoms with Gasteiger partial charge < -0.3 is 10.1 Å². The summed E-state index contributed by atoms with van der Waals surface area (Å²) in [4.78, 5) is 28.6. The van der Waals surface area contributed by atoms with Crippen molar-refractivity contribution in [2.45, 2.75) is 26.3 Å². The molecule has 0 unspecified atom stereocenters. The highest BCUT2D eigenvalue weighted by atomic mass is 32.1. The summed E-state index contributed by atoms with van der Waals surface area (Å²) in [5.41, 5.74) is 2.97. The van der Waals surface area contributed by atoms with Gasteiger partial charge in [-0.05, 0) is 43.2 Å². The molecule has 0 saturated heterocycles. The summed E-state index contributed by atoms with van der Waals surface area (Å²) in [6.45, 7) is 3.59. The fourth-order valence-corrected chi connectivity index (χ4v) is 3.55. The van der Waals surface area contributed by atoms with Gasteiger partial charge in [-0.2, -0.15) is 0 Å². The number of nitrogens with one attached hydrogen (secondary N) is 1. The quantitative estimate of drug-likeness (QED) is 0.572. The van der Waals surface area contributed by atoms with Crippen molar-refractivity contribution in [3.8, 4) is 10.6 Å². The molecule has 7 heteroatoms. The van der Waals surface area contributed by atoms with Gasteiger partial charge in [0.05, 0.1) is 6.04 Å². The van der Waals surface area contributed by atoms with E-state index < -0.39 is 5.97 Å². The number of hydrogen-bond acceptors (Lipinski definition) is 5. The Kier molecular flexibility index (Phi) is 6.72. The number of carbonyl (C=O) groups excluding carboxylic acids is 2. The molecular formula is C22H21FN2O3S. The summed E-state index contributed by atoms with van der Waals surface area (Å²) in [7, 11) is 0. The van der Waals surface area contributed by atoms with Crippen LogP contribution in [0.5, 0.6) is 0 Å². The van der Waals surface area contributed by atoms with Gasteiger partial charge >= 0.3 is 5.97 Å². The number of esters is 1. The van der Waals surface area contributed by atoms with Crippen LogP contribution >= 0.6 is 11.3 Å². The van der Waals surface area contributed by atoms with E-state index in [-0.39, 0.29) is 30.1 Å². The van der Waals surface area contributed by atoms with Gasteiger partial charge in [0, 0.05) is 10.9 Å². The minimum atomic E-state index is -0.673. The molecule has 3 aromatic rings. The van der Waals surface area contributed by atoms with Crippen LogP contribution in [-0.4, -0.2) is 23.5 Å². The Morgan fingerprint density at radius 2 is 1.83 bits per heavy atom. The largest absolute Gasteiger partial charge is 0.451 e. The normalized spacial score (nSPS) is 11.7. The highest BCUT2D eigenvalue weighted by Crippen LogP contribution is 2.24. The first-order valence-corrected chi connectivity index (χ1v) is 10.1. The number of aryl methyl sites for hydroxylation is 1. The third-order valence-electron chi connectivity index (χ3n) is 4.36. The molecule has 3 rings (SSSR count). The van der Waals surface area contributed by atoms with Gasteiger partial charge in [-0.25, -0.2) is 14.2 Å². The molecule has 1 N–H and O–H groups in total. The van der Waals surface area contributed by atoms with Gasteiger partial charge in [0.1, 0.15) is 10.8 Å². The number of hydrogen-bond donors (Lipinski definition) is 1. The number of halogens is 1. The lowest BCUT2D eigenvalue weighted by Gasteiger charge is -2.17. The summed E-state index contributed by atoms with van der Waals surface area (Å²) < 4.78 is 18.1. The van der Waals surface area contributed by atoms with Crippen molar-refractivity contribution in [1.29, 1.82) is 0 Å². The zero-order chi connectivity index (χ0) is 20.8. The van der Waals surface area contributed by atoms with Gasteiger partial charge in [0.2, 0.25) is 0 Å². The standard InChI is InChI=1S/C22H21FN2O3S/c1-3-18(15-6-4-14(2)5-7-15)24-20(26)12-28-22(27)19-13-29-21(25-19)16-8-10-17(23)11-9-16/h4-11,13,18H,3,12H2,1-2H3,(H,24,26)/t18-/m1/s1. The fourth-order valence-electron chi connectivity index (χ4n) is 2.75. The molecule has 0 aliphatic rings. The fraction of sp³-hybridized carbons (Fsp3) is 0.227. The van der Waals surface area contributed by atoms with E-state index in [0.29, 0.717) is 10.6 Å². The van der Waals surface area contributed by atoms with Crippen LogP contribution in [0.4, 0.5) is 4.39 Å². The predicted molar refractivity (Wildman–Crippen MR) is 110 cm³/mol. The van der Waals surface area contributed by atoms with Crippen molar-refractivity contribution in [3.63, 3.8) is 0 Å². The molecule has 1 aromatic heterocycles. The lowest BCUT2D eigenvalue weighted by Crippen LogP contribution is -2.32. The number of nitrogens with zero attached hydrogens (tertiary/aromatic N) is 1. The van der Waals surface area contributed by atoms with Gasteiger partial charge in [-0.3, -0.25) is 4.79 Å². The molecule has 0 bridgehead atoms. The van der Waals surface area contributed by atoms with Crippen molar-refractivity contribution in [1.82, 2.24) is 10.3 Å². The molecule has 1 atom stereocenters. The van der Waals surface area contributed by atoms with Crippen LogP contribution in [0.2, 0.25) is 0 Å². The summed E-state index contributed by atoms with van der Waals surface area (Å²) in [6.07, 6.45) is 0.718. The maximum atomic E-state index is 13.0. The van der Waals surface area contributed by atoms with Crippen molar-refractivity contribution in [2.24, 2.45) is 0 Å². The number of benzene rings is 2. The Balaban J connectivity index is 1.55. The maximum absolute atomic E-state index is 13.0. The number of rotatable bonds is 7. The number of amides is 1. The number of ether oxygens (including phenoxy) is 1. The molecule has 1 amide bonds. The molecule has 0 fully saturated rings. The molecule has 0 aliphatic carbocycles. The average molecular weight is 412 g/mol. The Hall–Kier alpha value is -3.06. The molecule has 0 spiro atoms. The minimum Gasteiger partial charge on any atom is -0.451 e. The summed E-state index contributed by atoms with van der Waals surface area (Å²) in [5, 5.41) is 5.01. The first kappa shape index (κ1) is 20.7. The molecule has 5 nitrogen and oxygen atoms in total. The Labute approximate surface area is 172 Å². The molecule has 0 saturated carbocycles. The average Bonchev–Trinajstić information content (AvgIpc) is 3.22.